The SMILES string of the molecule is COc1ccc(-c2ccc(C)c(C(=O)O)n2)c(C)c1CC[C@H]1C2=C(CC(C)(C)CC2=O)Oc2nc(C(C)C)n(C)c(=O)c21. The molecule has 3 aromatic rings. The first kappa shape index (κ1) is 30.2. The first-order valence-corrected chi connectivity index (χ1v) is 14.7. The van der Waals surface area contributed by atoms with Crippen LogP contribution in [0.15, 0.2) is 40.4 Å². The van der Waals surface area contributed by atoms with Crippen LogP contribution in [0.4, 0.5) is 0 Å². The number of carboxylic acids is 1. The van der Waals surface area contributed by atoms with Crippen molar-refractivity contribution in [2.75, 3.05) is 7.11 Å². The lowest BCUT2D eigenvalue weighted by Crippen LogP contribution is -2.37. The number of ether oxygens (including phenoxy) is 2. The largest absolute Gasteiger partial charge is 0.496 e. The van der Waals surface area contributed by atoms with E-state index in [4.69, 9.17) is 14.5 Å². The molecule has 0 amide bonds. The number of methoxy groups -OCH3 is 1. The van der Waals surface area contributed by atoms with Gasteiger partial charge in [-0.25, -0.2) is 9.78 Å². The number of benzene rings is 1. The monoisotopic (exact) mass is 585 g/mol. The number of hydrogen-bond donors (Lipinski definition) is 1. The maximum atomic E-state index is 13.8. The van der Waals surface area contributed by atoms with Gasteiger partial charge >= 0.3 is 5.97 Å². The van der Waals surface area contributed by atoms with E-state index in [1.54, 1.807) is 31.7 Å². The van der Waals surface area contributed by atoms with Crippen molar-refractivity contribution in [2.24, 2.45) is 12.5 Å². The molecule has 0 saturated heterocycles. The van der Waals surface area contributed by atoms with Gasteiger partial charge in [0.15, 0.2) is 11.5 Å². The number of hydrogen-bond acceptors (Lipinski definition) is 7. The molecule has 3 heterocycles. The predicted octanol–water partition coefficient (Wildman–Crippen LogP) is 6.04. The van der Waals surface area contributed by atoms with Crippen molar-refractivity contribution in [3.63, 3.8) is 0 Å². The molecule has 0 saturated carbocycles. The van der Waals surface area contributed by atoms with Crippen molar-refractivity contribution < 1.29 is 24.2 Å². The lowest BCUT2D eigenvalue weighted by Gasteiger charge is -2.37. The van der Waals surface area contributed by atoms with Gasteiger partial charge in [0, 0.05) is 42.9 Å². The molecule has 2 aliphatic rings. The van der Waals surface area contributed by atoms with E-state index in [-0.39, 0.29) is 28.4 Å². The maximum Gasteiger partial charge on any atom is 0.354 e. The van der Waals surface area contributed by atoms with Crippen molar-refractivity contribution in [3.8, 4) is 22.9 Å². The summed E-state index contributed by atoms with van der Waals surface area (Å²) < 4.78 is 13.6. The molecule has 5 rings (SSSR count). The number of nitrogens with zero attached hydrogens (tertiary/aromatic N) is 3. The minimum atomic E-state index is -1.08. The van der Waals surface area contributed by atoms with Gasteiger partial charge in [-0.3, -0.25) is 14.2 Å². The highest BCUT2D eigenvalue weighted by Gasteiger charge is 2.43. The summed E-state index contributed by atoms with van der Waals surface area (Å²) in [6, 6.07) is 7.31. The molecule has 0 unspecified atom stereocenters. The molecule has 0 spiro atoms. The number of carboxylic acid groups (broad SMARTS) is 1. The number of aryl methyl sites for hydroxylation is 1. The van der Waals surface area contributed by atoms with Crippen molar-refractivity contribution >= 4 is 11.8 Å². The molecule has 2 aromatic heterocycles. The molecule has 9 heteroatoms. The van der Waals surface area contributed by atoms with Gasteiger partial charge in [0.1, 0.15) is 17.3 Å². The highest BCUT2D eigenvalue weighted by molar-refractivity contribution is 5.99. The maximum absolute atomic E-state index is 13.8. The molecule has 0 radical (unpaired) electrons. The van der Waals surface area contributed by atoms with Crippen molar-refractivity contribution in [3.05, 3.63) is 79.7 Å². The highest BCUT2D eigenvalue weighted by Crippen LogP contribution is 2.48. The van der Waals surface area contributed by atoms with Gasteiger partial charge in [-0.15, -0.1) is 0 Å². The Morgan fingerprint density at radius 3 is 2.51 bits per heavy atom. The lowest BCUT2D eigenvalue weighted by molar-refractivity contribution is -0.119. The first-order chi connectivity index (χ1) is 20.2. The van der Waals surface area contributed by atoms with Crippen LogP contribution in [0.25, 0.3) is 11.3 Å². The second-order valence-electron chi connectivity index (χ2n) is 12.8. The molecule has 1 N–H and O–H groups in total. The van der Waals surface area contributed by atoms with Gasteiger partial charge in [-0.2, -0.15) is 4.98 Å². The number of ketones is 1. The third kappa shape index (κ3) is 5.37. The van der Waals surface area contributed by atoms with Crippen molar-refractivity contribution in [2.45, 2.75) is 79.1 Å². The van der Waals surface area contributed by atoms with Crippen LogP contribution < -0.4 is 15.0 Å². The number of Topliss-reactive ketones (excluding diaryl/α,β-unsaturated/α-hetero) is 1. The van der Waals surface area contributed by atoms with E-state index in [1.807, 2.05) is 52.8 Å². The summed E-state index contributed by atoms with van der Waals surface area (Å²) in [5, 5.41) is 9.63. The van der Waals surface area contributed by atoms with Crippen LogP contribution in [0.5, 0.6) is 11.6 Å². The number of aromatic nitrogens is 3. The summed E-state index contributed by atoms with van der Waals surface area (Å²) in [6.07, 6.45) is 1.91. The van der Waals surface area contributed by atoms with Crippen molar-refractivity contribution in [1.82, 2.24) is 14.5 Å². The van der Waals surface area contributed by atoms with E-state index in [1.165, 1.54) is 0 Å². The second kappa shape index (κ2) is 11.1. The van der Waals surface area contributed by atoms with E-state index in [0.717, 1.165) is 16.7 Å². The Morgan fingerprint density at radius 1 is 1.14 bits per heavy atom. The molecule has 1 atom stereocenters. The molecular formula is C34H39N3O6. The summed E-state index contributed by atoms with van der Waals surface area (Å²) >= 11 is 0. The molecule has 0 fully saturated rings. The van der Waals surface area contributed by atoms with Gasteiger partial charge in [0.05, 0.1) is 18.4 Å². The Labute approximate surface area is 251 Å². The number of carbonyl (C=O) groups is 2. The Morgan fingerprint density at radius 2 is 1.86 bits per heavy atom. The summed E-state index contributed by atoms with van der Waals surface area (Å²) in [6.45, 7) is 11.7. The molecular weight excluding hydrogens is 546 g/mol. The average Bonchev–Trinajstić information content (AvgIpc) is 2.92. The van der Waals surface area contributed by atoms with Crippen LogP contribution >= 0.6 is 0 Å². The van der Waals surface area contributed by atoms with Gasteiger partial charge in [0.25, 0.3) is 5.56 Å². The van der Waals surface area contributed by atoms with Crippen molar-refractivity contribution in [1.29, 1.82) is 0 Å². The third-order valence-electron chi connectivity index (χ3n) is 8.67. The zero-order valence-electron chi connectivity index (χ0n) is 26.1. The van der Waals surface area contributed by atoms with Gasteiger partial charge in [-0.05, 0) is 67.0 Å². The Bertz CT molecular complexity index is 1750. The summed E-state index contributed by atoms with van der Waals surface area (Å²) in [7, 11) is 3.32. The van der Waals surface area contributed by atoms with Crippen LogP contribution in [0.1, 0.15) is 97.4 Å². The number of pyridine rings is 1. The van der Waals surface area contributed by atoms with Gasteiger partial charge in [-0.1, -0.05) is 33.8 Å². The van der Waals surface area contributed by atoms with Crippen LogP contribution in [0.2, 0.25) is 0 Å². The fourth-order valence-electron chi connectivity index (χ4n) is 6.51. The molecule has 0 bridgehead atoms. The van der Waals surface area contributed by atoms with E-state index >= 15 is 0 Å². The minimum Gasteiger partial charge on any atom is -0.496 e. The molecule has 9 nitrogen and oxygen atoms in total. The number of allylic oxidation sites excluding steroid dienone is 2. The predicted molar refractivity (Wildman–Crippen MR) is 163 cm³/mol. The van der Waals surface area contributed by atoms with Crippen LogP contribution in [0, 0.1) is 19.3 Å². The zero-order valence-corrected chi connectivity index (χ0v) is 26.1. The van der Waals surface area contributed by atoms with E-state index < -0.39 is 11.9 Å². The van der Waals surface area contributed by atoms with Gasteiger partial charge in [0.2, 0.25) is 5.88 Å². The smallest absolute Gasteiger partial charge is 0.354 e. The molecule has 1 aliphatic heterocycles. The van der Waals surface area contributed by atoms with Gasteiger partial charge < -0.3 is 14.6 Å². The quantitative estimate of drug-likeness (QED) is 0.356. The third-order valence-corrected chi connectivity index (χ3v) is 8.67. The zero-order chi connectivity index (χ0) is 31.4. The molecule has 1 aromatic carbocycles. The number of fused-ring (bicyclic) bond motifs is 1. The average molecular weight is 586 g/mol. The first-order valence-electron chi connectivity index (χ1n) is 14.7. The Hall–Kier alpha value is -4.27. The van der Waals surface area contributed by atoms with E-state index in [0.29, 0.717) is 71.3 Å². The van der Waals surface area contributed by atoms with Crippen LogP contribution in [-0.4, -0.2) is 38.5 Å². The Kier molecular flexibility index (Phi) is 7.79. The molecule has 226 valence electrons. The number of carbonyl (C=O) groups excluding carboxylic acids is 1. The van der Waals surface area contributed by atoms with E-state index in [9.17, 15) is 19.5 Å². The summed E-state index contributed by atoms with van der Waals surface area (Å²) in [5.41, 5.74) is 4.26. The fourth-order valence-corrected chi connectivity index (χ4v) is 6.51. The number of aromatic carboxylic acids is 1. The topological polar surface area (TPSA) is 121 Å². The standard InChI is InChI=1S/C34H39N3O6/c1-17(2)30-36-31-28(32(39)37(30)7)22(27-24(38)15-34(5,6)16-26(27)43-31)11-10-21-19(4)20(12-14-25(21)42-8)23-13-9-18(3)29(35-23)33(40)41/h9,12-14,17,22H,10-11,15-16H2,1-8H3,(H,40,41)/t22-/m0/s1. The minimum absolute atomic E-state index is 0.000572. The normalized spacial score (nSPS) is 17.4. The summed E-state index contributed by atoms with van der Waals surface area (Å²) in [5.74, 6) is 0.647. The summed E-state index contributed by atoms with van der Waals surface area (Å²) in [4.78, 5) is 48.5. The highest BCUT2D eigenvalue weighted by atomic mass is 16.5. The molecule has 1 aliphatic carbocycles. The molecule has 43 heavy (non-hydrogen) atoms. The number of rotatable bonds is 7. The fraction of sp³-hybridized carbons (Fsp3) is 0.441. The lowest BCUT2D eigenvalue weighted by atomic mass is 9.70. The van der Waals surface area contributed by atoms with Crippen LogP contribution in [0.3, 0.4) is 0 Å². The Balaban J connectivity index is 1.62. The van der Waals surface area contributed by atoms with E-state index in [2.05, 4.69) is 4.98 Å². The van der Waals surface area contributed by atoms with Crippen LogP contribution in [-0.2, 0) is 18.3 Å². The second-order valence-corrected chi connectivity index (χ2v) is 12.8.